The molecule has 2 N–H and O–H groups in total. The highest BCUT2D eigenvalue weighted by atomic mass is 35.5. The van der Waals surface area contributed by atoms with Gasteiger partial charge in [-0.25, -0.2) is 4.98 Å². The largest absolute Gasteiger partial charge is 0.480 e. The van der Waals surface area contributed by atoms with Gasteiger partial charge in [-0.3, -0.25) is 4.79 Å². The lowest BCUT2D eigenvalue weighted by atomic mass is 10.2. The van der Waals surface area contributed by atoms with E-state index >= 15 is 0 Å². The number of methoxy groups -OCH3 is 1. The molecule has 0 aliphatic rings. The summed E-state index contributed by atoms with van der Waals surface area (Å²) in [7, 11) is 1.41. The van der Waals surface area contributed by atoms with E-state index in [1.165, 1.54) is 19.4 Å². The molecular formula is C7H7ClN2O2. The van der Waals surface area contributed by atoms with Gasteiger partial charge in [0.2, 0.25) is 5.88 Å². The molecular weight excluding hydrogens is 180 g/mol. The van der Waals surface area contributed by atoms with Crippen LogP contribution < -0.4 is 10.5 Å². The Morgan fingerprint density at radius 3 is 2.92 bits per heavy atom. The third-order valence-corrected chi connectivity index (χ3v) is 1.48. The second kappa shape index (κ2) is 3.40. The van der Waals surface area contributed by atoms with Gasteiger partial charge < -0.3 is 10.5 Å². The molecule has 64 valence electrons. The molecule has 0 aliphatic carbocycles. The summed E-state index contributed by atoms with van der Waals surface area (Å²) in [6, 6.07) is 1.41. The molecule has 1 rings (SSSR count). The maximum absolute atomic E-state index is 10.8. The monoisotopic (exact) mass is 186 g/mol. The second-order valence-corrected chi connectivity index (χ2v) is 2.51. The first kappa shape index (κ1) is 8.80. The van der Waals surface area contributed by atoms with Crippen molar-refractivity contribution in [2.75, 3.05) is 7.11 Å². The van der Waals surface area contributed by atoms with Crippen molar-refractivity contribution in [3.05, 3.63) is 22.8 Å². The van der Waals surface area contributed by atoms with Gasteiger partial charge in [-0.05, 0) is 6.07 Å². The molecule has 0 bridgehead atoms. The Bertz CT molecular complexity index is 314. The van der Waals surface area contributed by atoms with Crippen molar-refractivity contribution in [3.63, 3.8) is 0 Å². The highest BCUT2D eigenvalue weighted by Crippen LogP contribution is 2.18. The summed E-state index contributed by atoms with van der Waals surface area (Å²) in [5, 5.41) is 0.351. The number of ether oxygens (including phenoxy) is 1. The third-order valence-electron chi connectivity index (χ3n) is 1.28. The van der Waals surface area contributed by atoms with Crippen molar-refractivity contribution in [3.8, 4) is 5.88 Å². The van der Waals surface area contributed by atoms with Crippen LogP contribution >= 0.6 is 11.6 Å². The van der Waals surface area contributed by atoms with E-state index in [-0.39, 0.29) is 11.4 Å². The Labute approximate surface area is 74.3 Å². The van der Waals surface area contributed by atoms with Gasteiger partial charge in [0.15, 0.2) is 0 Å². The lowest BCUT2D eigenvalue weighted by molar-refractivity contribution is 0.0996. The fraction of sp³-hybridized carbons (Fsp3) is 0.143. The van der Waals surface area contributed by atoms with E-state index in [9.17, 15) is 4.79 Å². The second-order valence-electron chi connectivity index (χ2n) is 2.07. The quantitative estimate of drug-likeness (QED) is 0.745. The number of primary amides is 1. The topological polar surface area (TPSA) is 65.2 Å². The van der Waals surface area contributed by atoms with Crippen molar-refractivity contribution in [1.82, 2.24) is 4.98 Å². The van der Waals surface area contributed by atoms with E-state index in [0.29, 0.717) is 5.02 Å². The van der Waals surface area contributed by atoms with E-state index in [4.69, 9.17) is 22.1 Å². The summed E-state index contributed by atoms with van der Waals surface area (Å²) < 4.78 is 4.79. The SMILES string of the molecule is COc1ncc(Cl)cc1C(N)=O. The van der Waals surface area contributed by atoms with Crippen LogP contribution in [0.3, 0.4) is 0 Å². The number of nitrogens with zero attached hydrogens (tertiary/aromatic N) is 1. The van der Waals surface area contributed by atoms with Gasteiger partial charge in [-0.15, -0.1) is 0 Å². The van der Waals surface area contributed by atoms with E-state index in [2.05, 4.69) is 4.98 Å². The van der Waals surface area contributed by atoms with Gasteiger partial charge in [-0.2, -0.15) is 0 Å². The summed E-state index contributed by atoms with van der Waals surface area (Å²) in [6.45, 7) is 0. The average Bonchev–Trinajstić information content (AvgIpc) is 2.04. The van der Waals surface area contributed by atoms with Crippen molar-refractivity contribution in [2.24, 2.45) is 5.73 Å². The van der Waals surface area contributed by atoms with E-state index < -0.39 is 5.91 Å². The van der Waals surface area contributed by atoms with Crippen LogP contribution in [0.5, 0.6) is 5.88 Å². The highest BCUT2D eigenvalue weighted by molar-refractivity contribution is 6.30. The minimum absolute atomic E-state index is 0.185. The number of carbonyl (C=O) groups is 1. The van der Waals surface area contributed by atoms with Crippen molar-refractivity contribution in [1.29, 1.82) is 0 Å². The molecule has 0 saturated carbocycles. The van der Waals surface area contributed by atoms with Gasteiger partial charge in [0.05, 0.1) is 12.1 Å². The predicted molar refractivity (Wildman–Crippen MR) is 44.3 cm³/mol. The van der Waals surface area contributed by atoms with Crippen LogP contribution in [-0.4, -0.2) is 18.0 Å². The van der Waals surface area contributed by atoms with Gasteiger partial charge in [0.25, 0.3) is 5.91 Å². The van der Waals surface area contributed by atoms with E-state index in [1.54, 1.807) is 0 Å². The summed E-state index contributed by atoms with van der Waals surface area (Å²) in [4.78, 5) is 14.5. The summed E-state index contributed by atoms with van der Waals surface area (Å²) in [5.41, 5.74) is 5.23. The Hall–Kier alpha value is -1.29. The molecule has 12 heavy (non-hydrogen) atoms. The molecule has 5 heteroatoms. The maximum atomic E-state index is 10.8. The Balaban J connectivity index is 3.21. The van der Waals surface area contributed by atoms with Crippen LogP contribution in [0, 0.1) is 0 Å². The molecule has 0 atom stereocenters. The summed E-state index contributed by atoms with van der Waals surface area (Å²) >= 11 is 5.59. The fourth-order valence-electron chi connectivity index (χ4n) is 0.766. The number of hydrogen-bond acceptors (Lipinski definition) is 3. The number of nitrogens with two attached hydrogens (primary N) is 1. The number of amides is 1. The molecule has 4 nitrogen and oxygen atoms in total. The lowest BCUT2D eigenvalue weighted by Crippen LogP contribution is -2.13. The molecule has 1 heterocycles. The zero-order valence-electron chi connectivity index (χ0n) is 6.37. The van der Waals surface area contributed by atoms with Gasteiger partial charge >= 0.3 is 0 Å². The Kier molecular flexibility index (Phi) is 2.50. The molecule has 0 aliphatic heterocycles. The van der Waals surface area contributed by atoms with E-state index in [0.717, 1.165) is 0 Å². The Morgan fingerprint density at radius 1 is 1.75 bits per heavy atom. The molecule has 1 amide bonds. The molecule has 0 spiro atoms. The predicted octanol–water partition coefficient (Wildman–Crippen LogP) is 0.843. The minimum atomic E-state index is -0.609. The third kappa shape index (κ3) is 1.65. The van der Waals surface area contributed by atoms with E-state index in [1.807, 2.05) is 0 Å². The smallest absolute Gasteiger partial charge is 0.254 e. The first-order chi connectivity index (χ1) is 5.65. The van der Waals surface area contributed by atoms with Crippen LogP contribution in [-0.2, 0) is 0 Å². The lowest BCUT2D eigenvalue weighted by Gasteiger charge is -2.02. The number of pyridine rings is 1. The van der Waals surface area contributed by atoms with Gasteiger partial charge in [-0.1, -0.05) is 11.6 Å². The zero-order valence-corrected chi connectivity index (χ0v) is 7.13. The van der Waals surface area contributed by atoms with Crippen molar-refractivity contribution < 1.29 is 9.53 Å². The minimum Gasteiger partial charge on any atom is -0.480 e. The maximum Gasteiger partial charge on any atom is 0.254 e. The van der Waals surface area contributed by atoms with Crippen LogP contribution in [0.15, 0.2) is 12.3 Å². The molecule has 0 radical (unpaired) electrons. The van der Waals surface area contributed by atoms with Crippen LogP contribution in [0.2, 0.25) is 5.02 Å². The van der Waals surface area contributed by atoms with Crippen molar-refractivity contribution in [2.45, 2.75) is 0 Å². The first-order valence-corrected chi connectivity index (χ1v) is 3.52. The van der Waals surface area contributed by atoms with Crippen molar-refractivity contribution >= 4 is 17.5 Å². The number of hydrogen-bond donors (Lipinski definition) is 1. The normalized spacial score (nSPS) is 9.50. The van der Waals surface area contributed by atoms with Gasteiger partial charge in [0.1, 0.15) is 5.56 Å². The number of carbonyl (C=O) groups excluding carboxylic acids is 1. The average molecular weight is 187 g/mol. The number of halogens is 1. The van der Waals surface area contributed by atoms with Crippen LogP contribution in [0.4, 0.5) is 0 Å². The first-order valence-electron chi connectivity index (χ1n) is 3.14. The highest BCUT2D eigenvalue weighted by Gasteiger charge is 2.09. The molecule has 1 aromatic heterocycles. The van der Waals surface area contributed by atoms with Crippen LogP contribution in [0.1, 0.15) is 10.4 Å². The molecule has 0 aromatic carbocycles. The summed E-state index contributed by atoms with van der Waals surface area (Å²) in [6.07, 6.45) is 1.38. The Morgan fingerprint density at radius 2 is 2.42 bits per heavy atom. The molecule has 0 unspecified atom stereocenters. The molecule has 1 aromatic rings. The fourth-order valence-corrected chi connectivity index (χ4v) is 0.924. The van der Waals surface area contributed by atoms with Gasteiger partial charge in [0, 0.05) is 6.20 Å². The number of aromatic nitrogens is 1. The van der Waals surface area contributed by atoms with Crippen LogP contribution in [0.25, 0.3) is 0 Å². The standard InChI is InChI=1S/C7H7ClN2O2/c1-12-7-5(6(9)11)2-4(8)3-10-7/h2-3H,1H3,(H2,9,11). The summed E-state index contributed by atoms with van der Waals surface area (Å²) in [5.74, 6) is -0.422. The zero-order chi connectivity index (χ0) is 9.14. The molecule has 0 saturated heterocycles. The number of rotatable bonds is 2. The molecule has 0 fully saturated rings.